The van der Waals surface area contributed by atoms with Crippen molar-refractivity contribution in [2.45, 2.75) is 11.4 Å². The fraction of sp³-hybridized carbons (Fsp3) is 0.200. The molecule has 3 nitrogen and oxygen atoms in total. The third-order valence-corrected chi connectivity index (χ3v) is 5.46. The average Bonchev–Trinajstić information content (AvgIpc) is 2.47. The van der Waals surface area contributed by atoms with Crippen molar-refractivity contribution in [1.82, 2.24) is 0 Å². The molecule has 1 atom stereocenters. The molecular weight excluding hydrogens is 338 g/mol. The van der Waals surface area contributed by atoms with E-state index in [1.165, 1.54) is 0 Å². The van der Waals surface area contributed by atoms with Crippen LogP contribution >= 0.6 is 15.9 Å². The minimum absolute atomic E-state index is 0.377. The van der Waals surface area contributed by atoms with Crippen molar-refractivity contribution in [3.05, 3.63) is 58.6 Å². The molecule has 0 aliphatic heterocycles. The molecule has 106 valence electrons. The molecule has 2 aromatic carbocycles. The van der Waals surface area contributed by atoms with Gasteiger partial charge >= 0.3 is 0 Å². The Labute approximate surface area is 128 Å². The zero-order valence-electron chi connectivity index (χ0n) is 11.4. The van der Waals surface area contributed by atoms with Crippen LogP contribution in [0.4, 0.5) is 0 Å². The number of ether oxygens (including phenoxy) is 1. The van der Waals surface area contributed by atoms with E-state index < -0.39 is 9.73 Å². The summed E-state index contributed by atoms with van der Waals surface area (Å²) >= 11 is 3.48. The highest BCUT2D eigenvalue weighted by atomic mass is 79.9. The van der Waals surface area contributed by atoms with E-state index in [0.717, 1.165) is 20.7 Å². The number of hydrogen-bond donors (Lipinski definition) is 0. The maximum atomic E-state index is 12.6. The van der Waals surface area contributed by atoms with Gasteiger partial charge in [-0.2, -0.15) is 0 Å². The Kier molecular flexibility index (Phi) is 4.83. The second-order valence-electron chi connectivity index (χ2n) is 4.36. The molecule has 0 fully saturated rings. The zero-order chi connectivity index (χ0) is 14.6. The molecule has 2 rings (SSSR count). The third kappa shape index (κ3) is 3.61. The van der Waals surface area contributed by atoms with Crippen LogP contribution in [-0.4, -0.2) is 17.6 Å². The average molecular weight is 354 g/mol. The molecule has 0 radical (unpaired) electrons. The predicted octanol–water partition coefficient (Wildman–Crippen LogP) is 4.11. The summed E-state index contributed by atoms with van der Waals surface area (Å²) in [4.78, 5) is 0.749. The van der Waals surface area contributed by atoms with Crippen molar-refractivity contribution in [1.29, 1.82) is 0 Å². The molecular formula is C15H16BrNO2S. The maximum Gasteiger partial charge on any atom is 0.119 e. The third-order valence-electron chi connectivity index (χ3n) is 2.91. The number of benzene rings is 2. The SMILES string of the molecule is COc1ccc(Br)c(CN=S(C)(=O)c2ccccc2)c1. The first kappa shape index (κ1) is 15.1. The highest BCUT2D eigenvalue weighted by Crippen LogP contribution is 2.24. The van der Waals surface area contributed by atoms with Crippen LogP contribution in [0.1, 0.15) is 5.56 Å². The molecule has 0 aliphatic rings. The Bertz CT molecular complexity index is 707. The van der Waals surface area contributed by atoms with Crippen LogP contribution in [0.2, 0.25) is 0 Å². The van der Waals surface area contributed by atoms with E-state index in [1.54, 1.807) is 13.4 Å². The number of halogens is 1. The van der Waals surface area contributed by atoms with Gasteiger partial charge in [0.1, 0.15) is 5.75 Å². The van der Waals surface area contributed by atoms with Gasteiger partial charge < -0.3 is 4.74 Å². The van der Waals surface area contributed by atoms with Gasteiger partial charge in [0.2, 0.25) is 0 Å². The van der Waals surface area contributed by atoms with Crippen molar-refractivity contribution >= 4 is 25.7 Å². The van der Waals surface area contributed by atoms with Crippen LogP contribution in [-0.2, 0) is 16.3 Å². The van der Waals surface area contributed by atoms with Gasteiger partial charge in [-0.15, -0.1) is 0 Å². The fourth-order valence-corrected chi connectivity index (χ4v) is 3.31. The van der Waals surface area contributed by atoms with E-state index >= 15 is 0 Å². The lowest BCUT2D eigenvalue weighted by molar-refractivity contribution is 0.414. The van der Waals surface area contributed by atoms with E-state index in [1.807, 2.05) is 48.5 Å². The van der Waals surface area contributed by atoms with Crippen LogP contribution in [0, 0.1) is 0 Å². The topological polar surface area (TPSA) is 38.7 Å². The molecule has 0 saturated heterocycles. The number of methoxy groups -OCH3 is 1. The van der Waals surface area contributed by atoms with Crippen LogP contribution in [0.15, 0.2) is 62.3 Å². The highest BCUT2D eigenvalue weighted by molar-refractivity contribution is 9.10. The summed E-state index contributed by atoms with van der Waals surface area (Å²) < 4.78 is 23.1. The van der Waals surface area contributed by atoms with Crippen molar-refractivity contribution in [3.8, 4) is 5.75 Å². The number of rotatable bonds is 4. The second kappa shape index (κ2) is 6.41. The lowest BCUT2D eigenvalue weighted by Gasteiger charge is -2.07. The number of hydrogen-bond acceptors (Lipinski definition) is 3. The first-order valence-electron chi connectivity index (χ1n) is 6.08. The maximum absolute atomic E-state index is 12.6. The molecule has 0 amide bonds. The van der Waals surface area contributed by atoms with Gasteiger partial charge in [-0.3, -0.25) is 0 Å². The second-order valence-corrected chi connectivity index (χ2v) is 7.55. The lowest BCUT2D eigenvalue weighted by Crippen LogP contribution is -1.98. The summed E-state index contributed by atoms with van der Waals surface area (Å²) in [6.07, 6.45) is 1.66. The van der Waals surface area contributed by atoms with Gasteiger partial charge in [-0.05, 0) is 35.9 Å². The van der Waals surface area contributed by atoms with Crippen LogP contribution in [0.3, 0.4) is 0 Å². The fourth-order valence-electron chi connectivity index (χ4n) is 1.74. The minimum atomic E-state index is -2.38. The quantitative estimate of drug-likeness (QED) is 0.829. The summed E-state index contributed by atoms with van der Waals surface area (Å²) in [6, 6.07) is 15.0. The molecule has 0 saturated carbocycles. The Hall–Kier alpha value is -1.33. The van der Waals surface area contributed by atoms with E-state index in [9.17, 15) is 4.21 Å². The van der Waals surface area contributed by atoms with Crippen molar-refractivity contribution in [2.24, 2.45) is 4.36 Å². The molecule has 0 spiro atoms. The van der Waals surface area contributed by atoms with Crippen LogP contribution in [0.5, 0.6) is 5.75 Å². The van der Waals surface area contributed by atoms with Gasteiger partial charge in [0.25, 0.3) is 0 Å². The van der Waals surface area contributed by atoms with Gasteiger partial charge in [0, 0.05) is 15.6 Å². The van der Waals surface area contributed by atoms with Crippen molar-refractivity contribution in [3.63, 3.8) is 0 Å². The number of nitrogens with zero attached hydrogens (tertiary/aromatic N) is 1. The first-order valence-corrected chi connectivity index (χ1v) is 8.80. The van der Waals surface area contributed by atoms with E-state index in [4.69, 9.17) is 4.74 Å². The predicted molar refractivity (Wildman–Crippen MR) is 85.6 cm³/mol. The lowest BCUT2D eigenvalue weighted by atomic mass is 10.2. The van der Waals surface area contributed by atoms with Gasteiger partial charge in [0.05, 0.1) is 23.4 Å². The summed E-state index contributed by atoms with van der Waals surface area (Å²) in [7, 11) is -0.759. The molecule has 2 aromatic rings. The molecule has 0 aliphatic carbocycles. The minimum Gasteiger partial charge on any atom is -0.497 e. The first-order chi connectivity index (χ1) is 9.53. The Morgan fingerprint density at radius 1 is 1.20 bits per heavy atom. The summed E-state index contributed by atoms with van der Waals surface area (Å²) in [5.74, 6) is 0.765. The van der Waals surface area contributed by atoms with Crippen LogP contribution < -0.4 is 4.74 Å². The molecule has 5 heteroatoms. The Morgan fingerprint density at radius 3 is 2.55 bits per heavy atom. The Balaban J connectivity index is 2.31. The molecule has 1 unspecified atom stereocenters. The molecule has 0 aromatic heterocycles. The van der Waals surface area contributed by atoms with Crippen LogP contribution in [0.25, 0.3) is 0 Å². The van der Waals surface area contributed by atoms with E-state index in [0.29, 0.717) is 6.54 Å². The van der Waals surface area contributed by atoms with Crippen molar-refractivity contribution < 1.29 is 8.95 Å². The molecule has 0 N–H and O–H groups in total. The highest BCUT2D eigenvalue weighted by Gasteiger charge is 2.06. The zero-order valence-corrected chi connectivity index (χ0v) is 13.8. The largest absolute Gasteiger partial charge is 0.497 e. The summed E-state index contributed by atoms with van der Waals surface area (Å²) in [6.45, 7) is 0.377. The molecule has 0 heterocycles. The monoisotopic (exact) mass is 353 g/mol. The smallest absolute Gasteiger partial charge is 0.119 e. The van der Waals surface area contributed by atoms with E-state index in [-0.39, 0.29) is 0 Å². The van der Waals surface area contributed by atoms with Gasteiger partial charge in [-0.1, -0.05) is 34.1 Å². The molecule has 20 heavy (non-hydrogen) atoms. The normalized spacial score (nSPS) is 13.6. The van der Waals surface area contributed by atoms with E-state index in [2.05, 4.69) is 20.3 Å². The Morgan fingerprint density at radius 2 is 1.90 bits per heavy atom. The van der Waals surface area contributed by atoms with Crippen molar-refractivity contribution in [2.75, 3.05) is 13.4 Å². The molecule has 0 bridgehead atoms. The summed E-state index contributed by atoms with van der Waals surface area (Å²) in [5.41, 5.74) is 0.954. The summed E-state index contributed by atoms with van der Waals surface area (Å²) in [5, 5.41) is 0. The van der Waals surface area contributed by atoms with Gasteiger partial charge in [-0.25, -0.2) is 8.57 Å². The van der Waals surface area contributed by atoms with Gasteiger partial charge in [0.15, 0.2) is 0 Å². The standard InChI is InChI=1S/C15H16BrNO2S/c1-19-13-8-9-15(16)12(10-13)11-17-20(2,18)14-6-4-3-5-7-14/h3-10H,11H2,1-2H3.